The first-order valence-corrected chi connectivity index (χ1v) is 9.59. The van der Waals surface area contributed by atoms with E-state index in [9.17, 15) is 0 Å². The number of methoxy groups -OCH3 is 2. The summed E-state index contributed by atoms with van der Waals surface area (Å²) in [4.78, 5) is 8.77. The Hall–Kier alpha value is -3.51. The highest BCUT2D eigenvalue weighted by atomic mass is 35.5. The Morgan fingerprint density at radius 3 is 2.32 bits per heavy atom. The molecule has 0 unspecified atom stereocenters. The van der Waals surface area contributed by atoms with Gasteiger partial charge in [-0.1, -0.05) is 30.3 Å². The number of anilines is 2. The highest BCUT2D eigenvalue weighted by Gasteiger charge is 2.12. The van der Waals surface area contributed by atoms with Crippen LogP contribution in [0.15, 0.2) is 67.0 Å². The van der Waals surface area contributed by atoms with E-state index in [4.69, 9.17) is 14.2 Å². The minimum absolute atomic E-state index is 0. The van der Waals surface area contributed by atoms with Crippen LogP contribution in [0.3, 0.4) is 0 Å². The third kappa shape index (κ3) is 4.98. The largest absolute Gasteiger partial charge is 0.493 e. The maximum atomic E-state index is 5.92. The molecule has 7 heteroatoms. The summed E-state index contributed by atoms with van der Waals surface area (Å²) >= 11 is 0. The van der Waals surface area contributed by atoms with Gasteiger partial charge in [-0.2, -0.15) is 0 Å². The van der Waals surface area contributed by atoms with Crippen molar-refractivity contribution >= 4 is 34.8 Å². The minimum Gasteiger partial charge on any atom is -0.493 e. The van der Waals surface area contributed by atoms with Gasteiger partial charge in [0.15, 0.2) is 11.5 Å². The number of halogens is 1. The van der Waals surface area contributed by atoms with Gasteiger partial charge in [-0.3, -0.25) is 0 Å². The number of rotatable bonds is 7. The van der Waals surface area contributed by atoms with Crippen LogP contribution in [0.4, 0.5) is 11.5 Å². The molecule has 1 N–H and O–H groups in total. The van der Waals surface area contributed by atoms with Gasteiger partial charge < -0.3 is 19.5 Å². The van der Waals surface area contributed by atoms with Crippen LogP contribution < -0.4 is 19.5 Å². The molecule has 0 aliphatic heterocycles. The van der Waals surface area contributed by atoms with Crippen molar-refractivity contribution in [2.45, 2.75) is 13.5 Å². The van der Waals surface area contributed by atoms with E-state index in [0.29, 0.717) is 23.9 Å². The molecule has 160 valence electrons. The average Bonchev–Trinajstić information content (AvgIpc) is 2.79. The predicted octanol–water partition coefficient (Wildman–Crippen LogP) is 5.70. The smallest absolute Gasteiger partial charge is 0.162 e. The molecule has 3 aromatic carbocycles. The van der Waals surface area contributed by atoms with Crippen molar-refractivity contribution in [3.63, 3.8) is 0 Å². The number of hydrogen-bond donors (Lipinski definition) is 1. The quantitative estimate of drug-likeness (QED) is 0.400. The summed E-state index contributed by atoms with van der Waals surface area (Å²) in [7, 11) is 3.22. The van der Waals surface area contributed by atoms with Crippen molar-refractivity contribution in [1.29, 1.82) is 0 Å². The van der Waals surface area contributed by atoms with Crippen molar-refractivity contribution in [1.82, 2.24) is 9.97 Å². The second-order valence-electron chi connectivity index (χ2n) is 6.82. The molecule has 6 nitrogen and oxygen atoms in total. The van der Waals surface area contributed by atoms with Crippen LogP contribution in [0.1, 0.15) is 11.1 Å². The van der Waals surface area contributed by atoms with Gasteiger partial charge in [0.1, 0.15) is 24.5 Å². The van der Waals surface area contributed by atoms with E-state index in [1.54, 1.807) is 14.2 Å². The molecule has 0 spiro atoms. The molecule has 31 heavy (non-hydrogen) atoms. The average molecular weight is 438 g/mol. The van der Waals surface area contributed by atoms with Crippen molar-refractivity contribution in [2.75, 3.05) is 19.5 Å². The molecule has 0 aliphatic rings. The Balaban J connectivity index is 0.00000272. The molecular weight excluding hydrogens is 414 g/mol. The molecule has 0 atom stereocenters. The van der Waals surface area contributed by atoms with Gasteiger partial charge in [-0.05, 0) is 42.3 Å². The van der Waals surface area contributed by atoms with E-state index in [-0.39, 0.29) is 12.4 Å². The first kappa shape index (κ1) is 22.2. The van der Waals surface area contributed by atoms with Crippen LogP contribution >= 0.6 is 12.4 Å². The lowest BCUT2D eigenvalue weighted by molar-refractivity contribution is 0.306. The molecule has 1 aromatic heterocycles. The maximum Gasteiger partial charge on any atom is 0.162 e. The Morgan fingerprint density at radius 1 is 0.871 bits per heavy atom. The summed E-state index contributed by atoms with van der Waals surface area (Å²) in [5.74, 6) is 2.78. The van der Waals surface area contributed by atoms with Gasteiger partial charge in [-0.15, -0.1) is 12.4 Å². The van der Waals surface area contributed by atoms with Crippen LogP contribution in [0.2, 0.25) is 0 Å². The fraction of sp³-hybridized carbons (Fsp3) is 0.167. The lowest BCUT2D eigenvalue weighted by Gasteiger charge is -2.14. The number of nitrogens with one attached hydrogen (secondary N) is 1. The van der Waals surface area contributed by atoms with Crippen LogP contribution in [0.5, 0.6) is 17.2 Å². The van der Waals surface area contributed by atoms with E-state index in [1.165, 1.54) is 6.33 Å². The molecule has 0 amide bonds. The SMILES string of the molecule is COc1cc2ncnc(Nc3ccc(OCc4ccccc4)cc3C)c2cc1OC.Cl. The van der Waals surface area contributed by atoms with Gasteiger partial charge in [0.25, 0.3) is 0 Å². The van der Waals surface area contributed by atoms with Crippen LogP contribution in [0, 0.1) is 6.92 Å². The number of hydrogen-bond acceptors (Lipinski definition) is 6. The number of benzene rings is 3. The number of aryl methyl sites for hydroxylation is 1. The molecule has 4 rings (SSSR count). The fourth-order valence-electron chi connectivity index (χ4n) is 3.22. The predicted molar refractivity (Wildman–Crippen MR) is 125 cm³/mol. The van der Waals surface area contributed by atoms with E-state index in [0.717, 1.165) is 33.5 Å². The van der Waals surface area contributed by atoms with Gasteiger partial charge in [0.05, 0.1) is 19.7 Å². The fourth-order valence-corrected chi connectivity index (χ4v) is 3.22. The lowest BCUT2D eigenvalue weighted by atomic mass is 10.1. The van der Waals surface area contributed by atoms with E-state index >= 15 is 0 Å². The number of fused-ring (bicyclic) bond motifs is 1. The third-order valence-electron chi connectivity index (χ3n) is 4.84. The standard InChI is InChI=1S/C24H23N3O3.ClH/c1-16-11-18(30-14-17-7-5-4-6-8-17)9-10-20(16)27-24-19-12-22(28-2)23(29-3)13-21(19)25-15-26-24;/h4-13,15H,14H2,1-3H3,(H,25,26,27);1H. The van der Waals surface area contributed by atoms with Crippen LogP contribution in [-0.4, -0.2) is 24.2 Å². The maximum absolute atomic E-state index is 5.92. The summed E-state index contributed by atoms with van der Waals surface area (Å²) in [6.45, 7) is 2.57. The second kappa shape index (κ2) is 10.00. The zero-order valence-electron chi connectivity index (χ0n) is 17.6. The summed E-state index contributed by atoms with van der Waals surface area (Å²) in [5.41, 5.74) is 3.89. The van der Waals surface area contributed by atoms with E-state index < -0.39 is 0 Å². The van der Waals surface area contributed by atoms with Gasteiger partial charge in [-0.25, -0.2) is 9.97 Å². The van der Waals surface area contributed by atoms with Crippen molar-refractivity contribution in [3.8, 4) is 17.2 Å². The molecule has 0 fully saturated rings. The van der Waals surface area contributed by atoms with Crippen LogP contribution in [-0.2, 0) is 6.61 Å². The number of nitrogens with zero attached hydrogens (tertiary/aromatic N) is 2. The third-order valence-corrected chi connectivity index (χ3v) is 4.84. The first-order chi connectivity index (χ1) is 14.7. The monoisotopic (exact) mass is 437 g/mol. The second-order valence-corrected chi connectivity index (χ2v) is 6.82. The normalized spacial score (nSPS) is 10.3. The van der Waals surface area contributed by atoms with E-state index in [1.807, 2.05) is 67.6 Å². The summed E-state index contributed by atoms with van der Waals surface area (Å²) in [5, 5.41) is 4.25. The molecule has 0 aliphatic carbocycles. The Kier molecular flexibility index (Phi) is 7.15. The topological polar surface area (TPSA) is 65.5 Å². The number of ether oxygens (including phenoxy) is 3. The summed E-state index contributed by atoms with van der Waals surface area (Å²) in [6, 6.07) is 19.8. The highest BCUT2D eigenvalue weighted by molar-refractivity contribution is 5.93. The number of aromatic nitrogens is 2. The molecule has 0 radical (unpaired) electrons. The van der Waals surface area contributed by atoms with Gasteiger partial charge >= 0.3 is 0 Å². The lowest BCUT2D eigenvalue weighted by Crippen LogP contribution is -2.00. The Bertz CT molecular complexity index is 1170. The van der Waals surface area contributed by atoms with Gasteiger partial charge in [0.2, 0.25) is 0 Å². The van der Waals surface area contributed by atoms with Gasteiger partial charge in [0, 0.05) is 17.1 Å². The Morgan fingerprint density at radius 2 is 1.61 bits per heavy atom. The highest BCUT2D eigenvalue weighted by Crippen LogP contribution is 2.35. The molecular formula is C24H24ClN3O3. The molecule has 4 aromatic rings. The Labute approximate surface area is 187 Å². The summed E-state index contributed by atoms with van der Waals surface area (Å²) in [6.07, 6.45) is 1.53. The van der Waals surface area contributed by atoms with Crippen LogP contribution in [0.25, 0.3) is 10.9 Å². The first-order valence-electron chi connectivity index (χ1n) is 9.59. The molecule has 0 saturated heterocycles. The molecule has 0 saturated carbocycles. The van der Waals surface area contributed by atoms with Crippen molar-refractivity contribution in [2.24, 2.45) is 0 Å². The van der Waals surface area contributed by atoms with E-state index in [2.05, 4.69) is 15.3 Å². The molecule has 1 heterocycles. The minimum atomic E-state index is 0. The summed E-state index contributed by atoms with van der Waals surface area (Å²) < 4.78 is 16.7. The zero-order chi connectivity index (χ0) is 20.9. The zero-order valence-corrected chi connectivity index (χ0v) is 18.4. The van der Waals surface area contributed by atoms with Crippen molar-refractivity contribution in [3.05, 3.63) is 78.1 Å². The molecule has 0 bridgehead atoms. The van der Waals surface area contributed by atoms with Crippen molar-refractivity contribution < 1.29 is 14.2 Å².